The number of hydrogen-bond donors (Lipinski definition) is 0. The van der Waals surface area contributed by atoms with Crippen molar-refractivity contribution in [1.82, 2.24) is 0 Å². The third-order valence-electron chi connectivity index (χ3n) is 1.62. The summed E-state index contributed by atoms with van der Waals surface area (Å²) in [7, 11) is 0. The lowest BCUT2D eigenvalue weighted by atomic mass is 10.3. The Bertz CT molecular complexity index is 232. The second kappa shape index (κ2) is 4.19. The molecule has 1 saturated carbocycles. The molecule has 0 N–H and O–H groups in total. The van der Waals surface area contributed by atoms with Crippen molar-refractivity contribution >= 4 is 0 Å². The highest BCUT2D eigenvalue weighted by atomic mass is 19.1. The Morgan fingerprint density at radius 3 is 2.42 bits per heavy atom. The van der Waals surface area contributed by atoms with Crippen molar-refractivity contribution in [1.29, 1.82) is 0 Å². The van der Waals surface area contributed by atoms with Gasteiger partial charge >= 0.3 is 0 Å². The second-order valence-corrected chi connectivity index (χ2v) is 2.92. The van der Waals surface area contributed by atoms with Crippen molar-refractivity contribution in [3.63, 3.8) is 0 Å². The molecule has 0 spiro atoms. The van der Waals surface area contributed by atoms with E-state index in [4.69, 9.17) is 0 Å². The summed E-state index contributed by atoms with van der Waals surface area (Å²) >= 11 is 0. The Hall–Kier alpha value is -0.920. The predicted molar refractivity (Wildman–Crippen MR) is 45.9 cm³/mol. The summed E-state index contributed by atoms with van der Waals surface area (Å²) in [6.45, 7) is 1.69. The highest BCUT2D eigenvalue weighted by Gasteiger charge is 2.18. The van der Waals surface area contributed by atoms with Gasteiger partial charge in [0.15, 0.2) is 0 Å². The summed E-state index contributed by atoms with van der Waals surface area (Å²) in [5, 5.41) is 0. The van der Waals surface area contributed by atoms with E-state index in [0.29, 0.717) is 5.92 Å². The standard InChI is InChI=1S/C10H12F2/c1-2-3-9(11)7-10(12)6-8-4-5-8/h2-3,6-8H,4-5H2,1H3/b3-2-,9-7+,10-6-. The summed E-state index contributed by atoms with van der Waals surface area (Å²) in [6, 6.07) is 0. The highest BCUT2D eigenvalue weighted by molar-refractivity contribution is 5.22. The highest BCUT2D eigenvalue weighted by Crippen LogP contribution is 2.31. The van der Waals surface area contributed by atoms with Crippen LogP contribution >= 0.6 is 0 Å². The topological polar surface area (TPSA) is 0 Å². The van der Waals surface area contributed by atoms with Crippen LogP contribution in [0.1, 0.15) is 19.8 Å². The van der Waals surface area contributed by atoms with Gasteiger partial charge in [-0.3, -0.25) is 0 Å². The molecule has 0 aromatic heterocycles. The first-order valence-electron chi connectivity index (χ1n) is 4.09. The smallest absolute Gasteiger partial charge is 0.125 e. The van der Waals surface area contributed by atoms with E-state index in [0.717, 1.165) is 18.9 Å². The first-order chi connectivity index (χ1) is 5.72. The number of halogens is 2. The van der Waals surface area contributed by atoms with Crippen LogP contribution in [0.5, 0.6) is 0 Å². The van der Waals surface area contributed by atoms with Gasteiger partial charge in [0, 0.05) is 6.08 Å². The average Bonchev–Trinajstić information content (AvgIpc) is 2.71. The van der Waals surface area contributed by atoms with Gasteiger partial charge in [0.25, 0.3) is 0 Å². The van der Waals surface area contributed by atoms with Crippen molar-refractivity contribution in [3.8, 4) is 0 Å². The maximum atomic E-state index is 12.8. The predicted octanol–water partition coefficient (Wildman–Crippen LogP) is 3.68. The molecule has 1 rings (SSSR count). The number of hydrogen-bond acceptors (Lipinski definition) is 0. The van der Waals surface area contributed by atoms with Crippen LogP contribution in [0.2, 0.25) is 0 Å². The molecule has 0 atom stereocenters. The van der Waals surface area contributed by atoms with Gasteiger partial charge < -0.3 is 0 Å². The summed E-state index contributed by atoms with van der Waals surface area (Å²) in [4.78, 5) is 0. The Kier molecular flexibility index (Phi) is 3.20. The van der Waals surface area contributed by atoms with Gasteiger partial charge in [-0.25, -0.2) is 8.78 Å². The van der Waals surface area contributed by atoms with Gasteiger partial charge in [-0.05, 0) is 37.8 Å². The zero-order valence-electron chi connectivity index (χ0n) is 7.06. The molecule has 0 radical (unpaired) electrons. The molecule has 0 aliphatic heterocycles. The van der Waals surface area contributed by atoms with Gasteiger partial charge in [0.05, 0.1) is 0 Å². The van der Waals surface area contributed by atoms with Crippen molar-refractivity contribution in [2.75, 3.05) is 0 Å². The monoisotopic (exact) mass is 170 g/mol. The first-order valence-corrected chi connectivity index (χ1v) is 4.09. The Labute approximate surface area is 71.3 Å². The summed E-state index contributed by atoms with van der Waals surface area (Å²) < 4.78 is 25.4. The molecule has 1 aliphatic rings. The molecule has 1 fully saturated rings. The minimum Gasteiger partial charge on any atom is -0.207 e. The molecule has 12 heavy (non-hydrogen) atoms. The molecular weight excluding hydrogens is 158 g/mol. The largest absolute Gasteiger partial charge is 0.207 e. The lowest BCUT2D eigenvalue weighted by Gasteiger charge is -1.87. The van der Waals surface area contributed by atoms with Gasteiger partial charge in [0.1, 0.15) is 11.7 Å². The molecule has 66 valence electrons. The maximum absolute atomic E-state index is 12.8. The molecule has 0 nitrogen and oxygen atoms in total. The minimum absolute atomic E-state index is 0.347. The number of allylic oxidation sites excluding steroid dienone is 6. The van der Waals surface area contributed by atoms with Crippen molar-refractivity contribution in [3.05, 3.63) is 36.0 Å². The van der Waals surface area contributed by atoms with Crippen LogP contribution in [0, 0.1) is 5.92 Å². The van der Waals surface area contributed by atoms with Gasteiger partial charge in [-0.2, -0.15) is 0 Å². The molecule has 0 saturated heterocycles. The molecule has 0 bridgehead atoms. The van der Waals surface area contributed by atoms with E-state index in [9.17, 15) is 8.78 Å². The Balaban J connectivity index is 2.51. The van der Waals surface area contributed by atoms with E-state index in [1.807, 2.05) is 0 Å². The molecule has 0 aromatic rings. The van der Waals surface area contributed by atoms with Crippen LogP contribution in [0.3, 0.4) is 0 Å². The SMILES string of the molecule is C\C=C/C(F)=C\C(F)=C\C1CC1. The average molecular weight is 170 g/mol. The summed E-state index contributed by atoms with van der Waals surface area (Å²) in [5.74, 6) is -0.653. The molecule has 0 amide bonds. The van der Waals surface area contributed by atoms with E-state index in [-0.39, 0.29) is 0 Å². The maximum Gasteiger partial charge on any atom is 0.125 e. The lowest BCUT2D eigenvalue weighted by Crippen LogP contribution is -1.71. The summed E-state index contributed by atoms with van der Waals surface area (Å²) in [5.41, 5.74) is 0. The molecule has 0 aromatic carbocycles. The molecule has 0 unspecified atom stereocenters. The van der Waals surface area contributed by atoms with E-state index < -0.39 is 11.7 Å². The zero-order chi connectivity index (χ0) is 8.97. The van der Waals surface area contributed by atoms with Gasteiger partial charge in [-0.1, -0.05) is 6.08 Å². The van der Waals surface area contributed by atoms with Crippen LogP contribution in [0.4, 0.5) is 8.78 Å². The Morgan fingerprint density at radius 2 is 1.92 bits per heavy atom. The van der Waals surface area contributed by atoms with Crippen LogP contribution in [0.15, 0.2) is 36.0 Å². The fourth-order valence-corrected chi connectivity index (χ4v) is 0.875. The van der Waals surface area contributed by atoms with E-state index in [1.54, 1.807) is 6.92 Å². The Morgan fingerprint density at radius 1 is 1.25 bits per heavy atom. The normalized spacial score (nSPS) is 20.6. The van der Waals surface area contributed by atoms with Crippen LogP contribution in [-0.4, -0.2) is 0 Å². The van der Waals surface area contributed by atoms with Gasteiger partial charge in [-0.15, -0.1) is 0 Å². The van der Waals surface area contributed by atoms with E-state index in [2.05, 4.69) is 0 Å². The second-order valence-electron chi connectivity index (χ2n) is 2.92. The fourth-order valence-electron chi connectivity index (χ4n) is 0.875. The lowest BCUT2D eigenvalue weighted by molar-refractivity contribution is 0.626. The molecule has 0 heterocycles. The van der Waals surface area contributed by atoms with Crippen molar-refractivity contribution in [2.45, 2.75) is 19.8 Å². The molecular formula is C10H12F2. The molecule has 2 heteroatoms. The van der Waals surface area contributed by atoms with Gasteiger partial charge in [0.2, 0.25) is 0 Å². The minimum atomic E-state index is -0.535. The summed E-state index contributed by atoms with van der Waals surface area (Å²) in [6.07, 6.45) is 7.23. The van der Waals surface area contributed by atoms with Crippen molar-refractivity contribution in [2.24, 2.45) is 5.92 Å². The number of rotatable bonds is 3. The fraction of sp³-hybridized carbons (Fsp3) is 0.400. The third kappa shape index (κ3) is 3.46. The molecule has 1 aliphatic carbocycles. The third-order valence-corrected chi connectivity index (χ3v) is 1.62. The van der Waals surface area contributed by atoms with Crippen LogP contribution < -0.4 is 0 Å². The van der Waals surface area contributed by atoms with E-state index >= 15 is 0 Å². The van der Waals surface area contributed by atoms with Crippen molar-refractivity contribution < 1.29 is 8.78 Å². The van der Waals surface area contributed by atoms with E-state index in [1.165, 1.54) is 18.2 Å². The quantitative estimate of drug-likeness (QED) is 0.567. The van der Waals surface area contributed by atoms with Crippen LogP contribution in [0.25, 0.3) is 0 Å². The zero-order valence-corrected chi connectivity index (χ0v) is 7.06. The van der Waals surface area contributed by atoms with Crippen LogP contribution in [-0.2, 0) is 0 Å². The first kappa shape index (κ1) is 9.17.